The highest BCUT2D eigenvalue weighted by molar-refractivity contribution is 5.71. The predicted octanol–water partition coefficient (Wildman–Crippen LogP) is 3.51. The third-order valence-electron chi connectivity index (χ3n) is 3.68. The first-order chi connectivity index (χ1) is 12.7. The highest BCUT2D eigenvalue weighted by atomic mass is 16.5. The van der Waals surface area contributed by atoms with Gasteiger partial charge in [0.1, 0.15) is 5.75 Å². The Morgan fingerprint density at radius 1 is 0.846 bits per heavy atom. The summed E-state index contributed by atoms with van der Waals surface area (Å²) in [7, 11) is 6.23. The predicted molar refractivity (Wildman–Crippen MR) is 95.7 cm³/mol. The Balaban J connectivity index is 1.92. The zero-order valence-electron chi connectivity index (χ0n) is 14.9. The van der Waals surface area contributed by atoms with Crippen LogP contribution >= 0.6 is 0 Å². The van der Waals surface area contributed by atoms with E-state index in [4.69, 9.17) is 23.4 Å². The van der Waals surface area contributed by atoms with E-state index in [1.165, 1.54) is 14.2 Å². The molecule has 0 fully saturated rings. The van der Waals surface area contributed by atoms with E-state index in [0.717, 1.165) is 11.4 Å². The van der Waals surface area contributed by atoms with Gasteiger partial charge in [-0.15, -0.1) is 5.10 Å². The molecule has 136 valence electrons. The molecule has 0 aliphatic carbocycles. The lowest BCUT2D eigenvalue weighted by atomic mass is 10.1. The van der Waals surface area contributed by atoms with Crippen LogP contribution in [0.3, 0.4) is 0 Å². The van der Waals surface area contributed by atoms with Crippen molar-refractivity contribution in [3.05, 3.63) is 36.4 Å². The molecule has 0 aliphatic rings. The Morgan fingerprint density at radius 2 is 1.65 bits per heavy atom. The van der Waals surface area contributed by atoms with Gasteiger partial charge in [-0.05, 0) is 24.3 Å². The number of ether oxygens (including phenoxy) is 4. The number of anilines is 2. The Kier molecular flexibility index (Phi) is 5.12. The van der Waals surface area contributed by atoms with Crippen LogP contribution in [0, 0.1) is 0 Å². The van der Waals surface area contributed by atoms with Gasteiger partial charge in [0, 0.05) is 11.8 Å². The number of aromatic nitrogens is 2. The average molecular weight is 357 g/mol. The van der Waals surface area contributed by atoms with E-state index in [1.54, 1.807) is 26.4 Å². The van der Waals surface area contributed by atoms with Gasteiger partial charge in [0.25, 0.3) is 5.89 Å². The molecule has 0 aliphatic heterocycles. The third kappa shape index (κ3) is 3.34. The van der Waals surface area contributed by atoms with E-state index in [-0.39, 0.29) is 11.9 Å². The first-order valence-corrected chi connectivity index (χ1v) is 7.74. The Hall–Kier alpha value is -3.42. The number of methoxy groups -OCH3 is 4. The van der Waals surface area contributed by atoms with E-state index in [1.807, 2.05) is 24.3 Å². The van der Waals surface area contributed by atoms with Crippen molar-refractivity contribution in [2.75, 3.05) is 33.8 Å². The number of hydrogen-bond acceptors (Lipinski definition) is 8. The van der Waals surface area contributed by atoms with Gasteiger partial charge in [-0.3, -0.25) is 0 Å². The van der Waals surface area contributed by atoms with Crippen molar-refractivity contribution in [3.63, 3.8) is 0 Å². The lowest BCUT2D eigenvalue weighted by molar-refractivity contribution is 0.324. The van der Waals surface area contributed by atoms with Gasteiger partial charge >= 0.3 is 6.01 Å². The van der Waals surface area contributed by atoms with Crippen LogP contribution in [0.25, 0.3) is 11.5 Å². The summed E-state index contributed by atoms with van der Waals surface area (Å²) in [5, 5.41) is 11.1. The Labute approximate surface area is 150 Å². The summed E-state index contributed by atoms with van der Waals surface area (Å²) in [6.45, 7) is 0. The molecule has 26 heavy (non-hydrogen) atoms. The minimum Gasteiger partial charge on any atom is -0.497 e. The molecular weight excluding hydrogens is 338 g/mol. The van der Waals surface area contributed by atoms with Crippen molar-refractivity contribution in [3.8, 4) is 34.5 Å². The maximum Gasteiger partial charge on any atom is 0.320 e. The Morgan fingerprint density at radius 3 is 2.35 bits per heavy atom. The molecule has 3 aromatic rings. The fraction of sp³-hybridized carbons (Fsp3) is 0.222. The topological polar surface area (TPSA) is 87.9 Å². The van der Waals surface area contributed by atoms with Crippen LogP contribution in [0.1, 0.15) is 0 Å². The van der Waals surface area contributed by atoms with Crippen molar-refractivity contribution in [1.29, 1.82) is 0 Å². The molecule has 1 N–H and O–H groups in total. The van der Waals surface area contributed by atoms with Crippen LogP contribution in [-0.4, -0.2) is 38.6 Å². The maximum atomic E-state index is 5.71. The van der Waals surface area contributed by atoms with E-state index in [0.29, 0.717) is 22.8 Å². The molecule has 2 aromatic carbocycles. The van der Waals surface area contributed by atoms with E-state index < -0.39 is 0 Å². The van der Waals surface area contributed by atoms with Crippen molar-refractivity contribution in [2.24, 2.45) is 0 Å². The summed E-state index contributed by atoms with van der Waals surface area (Å²) < 4.78 is 27.0. The Bertz CT molecular complexity index is 894. The summed E-state index contributed by atoms with van der Waals surface area (Å²) in [6.07, 6.45) is 0. The van der Waals surface area contributed by atoms with Gasteiger partial charge in [-0.1, -0.05) is 11.2 Å². The molecule has 1 aromatic heterocycles. The van der Waals surface area contributed by atoms with Gasteiger partial charge in [-0.25, -0.2) is 0 Å². The molecule has 1 heterocycles. The fourth-order valence-corrected chi connectivity index (χ4v) is 2.48. The van der Waals surface area contributed by atoms with Crippen LogP contribution in [0.15, 0.2) is 40.8 Å². The summed E-state index contributed by atoms with van der Waals surface area (Å²) in [6, 6.07) is 11.1. The largest absolute Gasteiger partial charge is 0.497 e. The molecule has 8 nitrogen and oxygen atoms in total. The van der Waals surface area contributed by atoms with Crippen molar-refractivity contribution >= 4 is 11.7 Å². The average Bonchev–Trinajstić information content (AvgIpc) is 3.14. The molecule has 3 rings (SSSR count). The van der Waals surface area contributed by atoms with Crippen molar-refractivity contribution in [1.82, 2.24) is 10.2 Å². The second-order valence-electron chi connectivity index (χ2n) is 5.15. The van der Waals surface area contributed by atoms with Gasteiger partial charge < -0.3 is 28.7 Å². The first kappa shape index (κ1) is 17.4. The first-order valence-electron chi connectivity index (χ1n) is 7.74. The monoisotopic (exact) mass is 357 g/mol. The van der Waals surface area contributed by atoms with Crippen LogP contribution in [0.2, 0.25) is 0 Å². The van der Waals surface area contributed by atoms with Gasteiger partial charge in [0.15, 0.2) is 11.5 Å². The van der Waals surface area contributed by atoms with Crippen molar-refractivity contribution < 1.29 is 23.4 Å². The maximum absolute atomic E-state index is 5.71. The quantitative estimate of drug-likeness (QED) is 0.687. The molecule has 0 spiro atoms. The number of hydrogen-bond donors (Lipinski definition) is 1. The number of benzene rings is 2. The SMILES string of the molecule is COc1cccc(Nc2nnc(-c3ccc(OC)c(OC)c3OC)o2)c1. The molecular formula is C18H19N3O5. The number of rotatable bonds is 7. The molecule has 0 amide bonds. The second-order valence-corrected chi connectivity index (χ2v) is 5.15. The zero-order valence-corrected chi connectivity index (χ0v) is 14.9. The van der Waals surface area contributed by atoms with Crippen LogP contribution in [0.4, 0.5) is 11.7 Å². The molecule has 0 unspecified atom stereocenters. The fourth-order valence-electron chi connectivity index (χ4n) is 2.48. The van der Waals surface area contributed by atoms with Crippen molar-refractivity contribution in [2.45, 2.75) is 0 Å². The van der Waals surface area contributed by atoms with E-state index in [9.17, 15) is 0 Å². The van der Waals surface area contributed by atoms with E-state index in [2.05, 4.69) is 15.5 Å². The molecule has 0 saturated heterocycles. The molecule has 0 bridgehead atoms. The lowest BCUT2D eigenvalue weighted by Gasteiger charge is -2.13. The van der Waals surface area contributed by atoms with Crippen LogP contribution < -0.4 is 24.3 Å². The smallest absolute Gasteiger partial charge is 0.320 e. The lowest BCUT2D eigenvalue weighted by Crippen LogP contribution is -1.97. The van der Waals surface area contributed by atoms with Crippen LogP contribution in [0.5, 0.6) is 23.0 Å². The zero-order chi connectivity index (χ0) is 18.5. The summed E-state index contributed by atoms with van der Waals surface area (Å²) >= 11 is 0. The van der Waals surface area contributed by atoms with Gasteiger partial charge in [0.2, 0.25) is 5.75 Å². The molecule has 0 radical (unpaired) electrons. The summed E-state index contributed by atoms with van der Waals surface area (Å²) in [5.74, 6) is 2.45. The van der Waals surface area contributed by atoms with Gasteiger partial charge in [0.05, 0.1) is 34.0 Å². The number of nitrogens with zero attached hydrogens (tertiary/aromatic N) is 2. The minimum atomic E-state index is 0.241. The molecule has 8 heteroatoms. The summed E-state index contributed by atoms with van der Waals surface area (Å²) in [5.41, 5.74) is 1.36. The summed E-state index contributed by atoms with van der Waals surface area (Å²) in [4.78, 5) is 0. The number of nitrogens with one attached hydrogen (secondary N) is 1. The highest BCUT2D eigenvalue weighted by Gasteiger charge is 2.21. The van der Waals surface area contributed by atoms with Crippen LogP contribution in [-0.2, 0) is 0 Å². The standard InChI is InChI=1S/C18H19N3O5/c1-22-12-7-5-6-11(10-12)19-18-21-20-17(26-18)13-8-9-14(23-2)16(25-4)15(13)24-3/h5-10H,1-4H3,(H,19,21). The van der Waals surface area contributed by atoms with Gasteiger partial charge in [-0.2, -0.15) is 0 Å². The highest BCUT2D eigenvalue weighted by Crippen LogP contribution is 2.44. The normalized spacial score (nSPS) is 10.3. The minimum absolute atomic E-state index is 0.241. The third-order valence-corrected chi connectivity index (χ3v) is 3.68. The molecule has 0 atom stereocenters. The molecule has 0 saturated carbocycles. The van der Waals surface area contributed by atoms with E-state index >= 15 is 0 Å². The second kappa shape index (κ2) is 7.64.